The minimum Gasteiger partial charge on any atom is -0.336 e. The van der Waals surface area contributed by atoms with Crippen molar-refractivity contribution in [3.8, 4) is 0 Å². The third-order valence-electron chi connectivity index (χ3n) is 3.80. The highest BCUT2D eigenvalue weighted by molar-refractivity contribution is 7.87. The molecule has 2 rings (SSSR count). The van der Waals surface area contributed by atoms with Gasteiger partial charge in [0, 0.05) is 38.1 Å². The molecule has 1 saturated heterocycles. The summed E-state index contributed by atoms with van der Waals surface area (Å²) in [5.74, 6) is 0.574. The Balaban J connectivity index is 1.84. The minimum atomic E-state index is -3.39. The van der Waals surface area contributed by atoms with E-state index in [4.69, 9.17) is 0 Å². The molecule has 1 fully saturated rings. The third kappa shape index (κ3) is 4.77. The first-order valence-corrected chi connectivity index (χ1v) is 8.83. The van der Waals surface area contributed by atoms with Gasteiger partial charge in [0.15, 0.2) is 0 Å². The van der Waals surface area contributed by atoms with Crippen molar-refractivity contribution in [1.82, 2.24) is 23.9 Å². The number of piperidine rings is 1. The molecule has 1 aliphatic rings. The van der Waals surface area contributed by atoms with Crippen molar-refractivity contribution < 1.29 is 8.42 Å². The average Bonchev–Trinajstić information content (AvgIpc) is 2.92. The maximum Gasteiger partial charge on any atom is 0.279 e. The summed E-state index contributed by atoms with van der Waals surface area (Å²) in [4.78, 5) is 3.96. The lowest BCUT2D eigenvalue weighted by Gasteiger charge is -2.32. The van der Waals surface area contributed by atoms with E-state index in [0.717, 1.165) is 19.4 Å². The number of aromatic nitrogens is 2. The Kier molecular flexibility index (Phi) is 5.74. The number of hydrogen-bond donors (Lipinski definition) is 2. The van der Waals surface area contributed by atoms with E-state index in [9.17, 15) is 8.42 Å². The van der Waals surface area contributed by atoms with Crippen LogP contribution in [0.3, 0.4) is 0 Å². The molecule has 0 aromatic carbocycles. The Morgan fingerprint density at radius 2 is 2.10 bits per heavy atom. The van der Waals surface area contributed by atoms with Crippen molar-refractivity contribution >= 4 is 10.2 Å². The number of nitrogens with one attached hydrogen (secondary N) is 2. The maximum absolute atomic E-state index is 12.4. The SMILES string of the molecule is CNCC1CCN(S(=O)(=O)NC(C)Cn2ccnc2)CC1. The second-order valence-corrected chi connectivity index (χ2v) is 7.39. The van der Waals surface area contributed by atoms with Crippen molar-refractivity contribution in [3.63, 3.8) is 0 Å². The van der Waals surface area contributed by atoms with Gasteiger partial charge in [0.25, 0.3) is 10.2 Å². The van der Waals surface area contributed by atoms with E-state index in [1.165, 1.54) is 0 Å². The lowest BCUT2D eigenvalue weighted by Crippen LogP contribution is -2.49. The first-order chi connectivity index (χ1) is 10.0. The van der Waals surface area contributed by atoms with Gasteiger partial charge in [-0.05, 0) is 39.3 Å². The van der Waals surface area contributed by atoms with Gasteiger partial charge < -0.3 is 9.88 Å². The van der Waals surface area contributed by atoms with E-state index in [0.29, 0.717) is 25.6 Å². The van der Waals surface area contributed by atoms with Gasteiger partial charge in [0.05, 0.1) is 6.33 Å². The van der Waals surface area contributed by atoms with Crippen LogP contribution in [-0.4, -0.2) is 55.0 Å². The third-order valence-corrected chi connectivity index (χ3v) is 5.55. The molecular formula is C13H25N5O2S. The smallest absolute Gasteiger partial charge is 0.279 e. The highest BCUT2D eigenvalue weighted by Crippen LogP contribution is 2.18. The predicted molar refractivity (Wildman–Crippen MR) is 82.0 cm³/mol. The van der Waals surface area contributed by atoms with E-state index in [2.05, 4.69) is 15.0 Å². The molecule has 1 aromatic rings. The van der Waals surface area contributed by atoms with Gasteiger partial charge in [-0.1, -0.05) is 0 Å². The molecule has 0 amide bonds. The fourth-order valence-corrected chi connectivity index (χ4v) is 4.14. The van der Waals surface area contributed by atoms with Crippen LogP contribution in [0.5, 0.6) is 0 Å². The van der Waals surface area contributed by atoms with Crippen LogP contribution < -0.4 is 10.0 Å². The van der Waals surface area contributed by atoms with Gasteiger partial charge in [-0.3, -0.25) is 0 Å². The normalized spacial score (nSPS) is 19.7. The zero-order chi connectivity index (χ0) is 15.3. The Hall–Kier alpha value is -0.960. The predicted octanol–water partition coefficient (Wildman–Crippen LogP) is 0.0374. The molecule has 1 aromatic heterocycles. The van der Waals surface area contributed by atoms with E-state index in [1.807, 2.05) is 24.7 Å². The Labute approximate surface area is 126 Å². The highest BCUT2D eigenvalue weighted by Gasteiger charge is 2.28. The minimum absolute atomic E-state index is 0.167. The molecule has 0 radical (unpaired) electrons. The maximum atomic E-state index is 12.4. The number of imidazole rings is 1. The van der Waals surface area contributed by atoms with Gasteiger partial charge in [0.2, 0.25) is 0 Å². The van der Waals surface area contributed by atoms with Crippen molar-refractivity contribution in [3.05, 3.63) is 18.7 Å². The zero-order valence-corrected chi connectivity index (χ0v) is 13.5. The summed E-state index contributed by atoms with van der Waals surface area (Å²) in [5.41, 5.74) is 0. The molecule has 7 nitrogen and oxygen atoms in total. The van der Waals surface area contributed by atoms with Crippen LogP contribution in [0.1, 0.15) is 19.8 Å². The van der Waals surface area contributed by atoms with Crippen LogP contribution in [0.2, 0.25) is 0 Å². The Morgan fingerprint density at radius 1 is 1.38 bits per heavy atom. The Morgan fingerprint density at radius 3 is 2.67 bits per heavy atom. The largest absolute Gasteiger partial charge is 0.336 e. The first-order valence-electron chi connectivity index (χ1n) is 7.39. The number of nitrogens with zero attached hydrogens (tertiary/aromatic N) is 3. The zero-order valence-electron chi connectivity index (χ0n) is 12.7. The first kappa shape index (κ1) is 16.4. The monoisotopic (exact) mass is 315 g/mol. The van der Waals surface area contributed by atoms with Gasteiger partial charge in [-0.2, -0.15) is 17.4 Å². The number of rotatable bonds is 7. The van der Waals surface area contributed by atoms with Gasteiger partial charge in [0.1, 0.15) is 0 Å². The van der Waals surface area contributed by atoms with Crippen LogP contribution in [0.25, 0.3) is 0 Å². The molecule has 21 heavy (non-hydrogen) atoms. The van der Waals surface area contributed by atoms with Crippen LogP contribution in [0.4, 0.5) is 0 Å². The van der Waals surface area contributed by atoms with Crippen molar-refractivity contribution in [2.75, 3.05) is 26.7 Å². The summed E-state index contributed by atoms with van der Waals surface area (Å²) in [6, 6.07) is -0.167. The van der Waals surface area contributed by atoms with Crippen LogP contribution in [0.15, 0.2) is 18.7 Å². The second kappa shape index (κ2) is 7.35. The van der Waals surface area contributed by atoms with Gasteiger partial charge in [-0.15, -0.1) is 0 Å². The molecule has 1 unspecified atom stereocenters. The van der Waals surface area contributed by atoms with Crippen LogP contribution >= 0.6 is 0 Å². The van der Waals surface area contributed by atoms with Crippen molar-refractivity contribution in [1.29, 1.82) is 0 Å². The molecule has 2 N–H and O–H groups in total. The van der Waals surface area contributed by atoms with Crippen LogP contribution in [0, 0.1) is 5.92 Å². The van der Waals surface area contributed by atoms with E-state index in [-0.39, 0.29) is 6.04 Å². The Bertz CT molecular complexity index is 509. The summed E-state index contributed by atoms with van der Waals surface area (Å²) in [6.45, 7) is 4.60. The number of hydrogen-bond acceptors (Lipinski definition) is 4. The topological polar surface area (TPSA) is 79.3 Å². The molecule has 0 saturated carbocycles. The molecule has 0 aliphatic carbocycles. The fraction of sp³-hybridized carbons (Fsp3) is 0.769. The summed E-state index contributed by atoms with van der Waals surface area (Å²) in [7, 11) is -1.46. The van der Waals surface area contributed by atoms with E-state index in [1.54, 1.807) is 16.8 Å². The average molecular weight is 315 g/mol. The molecule has 0 bridgehead atoms. The van der Waals surface area contributed by atoms with Crippen LogP contribution in [-0.2, 0) is 16.8 Å². The van der Waals surface area contributed by atoms with Crippen molar-refractivity contribution in [2.24, 2.45) is 5.92 Å². The molecule has 2 heterocycles. The lowest BCUT2D eigenvalue weighted by atomic mass is 9.98. The lowest BCUT2D eigenvalue weighted by molar-refractivity contribution is 0.266. The second-order valence-electron chi connectivity index (χ2n) is 5.68. The quantitative estimate of drug-likeness (QED) is 0.744. The standard InChI is InChI=1S/C13H25N5O2S/c1-12(10-17-8-5-15-11-17)16-21(19,20)18-6-3-13(4-7-18)9-14-2/h5,8,11-14,16H,3-4,6-7,9-10H2,1-2H3. The summed E-state index contributed by atoms with van der Waals surface area (Å²) < 4.78 is 30.9. The highest BCUT2D eigenvalue weighted by atomic mass is 32.2. The molecular weight excluding hydrogens is 290 g/mol. The molecule has 0 spiro atoms. The molecule has 120 valence electrons. The van der Waals surface area contributed by atoms with E-state index >= 15 is 0 Å². The summed E-state index contributed by atoms with van der Waals surface area (Å²) in [5, 5.41) is 3.16. The fourth-order valence-electron chi connectivity index (χ4n) is 2.72. The van der Waals surface area contributed by atoms with E-state index < -0.39 is 10.2 Å². The summed E-state index contributed by atoms with van der Waals surface area (Å²) in [6.07, 6.45) is 7.03. The summed E-state index contributed by atoms with van der Waals surface area (Å²) >= 11 is 0. The molecule has 1 aliphatic heterocycles. The molecule has 1 atom stereocenters. The van der Waals surface area contributed by atoms with Crippen molar-refractivity contribution in [2.45, 2.75) is 32.4 Å². The molecule has 8 heteroatoms. The van der Waals surface area contributed by atoms with Gasteiger partial charge in [-0.25, -0.2) is 4.98 Å². The van der Waals surface area contributed by atoms with Gasteiger partial charge >= 0.3 is 0 Å².